The molecule has 1 saturated heterocycles. The Hall–Kier alpha value is -2.80. The molecular weight excluding hydrogens is 424 g/mol. The Morgan fingerprint density at radius 1 is 1.06 bits per heavy atom. The second kappa shape index (κ2) is 11.7. The van der Waals surface area contributed by atoms with Crippen LogP contribution in [0.5, 0.6) is 0 Å². The Bertz CT molecular complexity index is 927. The predicted molar refractivity (Wildman–Crippen MR) is 126 cm³/mol. The number of esters is 1. The molecule has 0 bridgehead atoms. The van der Waals surface area contributed by atoms with Gasteiger partial charge in [-0.3, -0.25) is 14.4 Å². The van der Waals surface area contributed by atoms with Gasteiger partial charge in [-0.2, -0.15) is 0 Å². The maximum absolute atomic E-state index is 13.1. The van der Waals surface area contributed by atoms with Crippen LogP contribution in [0.1, 0.15) is 42.1 Å². The van der Waals surface area contributed by atoms with Crippen molar-refractivity contribution in [2.75, 3.05) is 20.2 Å². The number of benzene rings is 2. The summed E-state index contributed by atoms with van der Waals surface area (Å²) in [6.07, 6.45) is 2.65. The van der Waals surface area contributed by atoms with E-state index in [1.165, 1.54) is 18.9 Å². The van der Waals surface area contributed by atoms with Gasteiger partial charge in [-0.15, -0.1) is 11.8 Å². The van der Waals surface area contributed by atoms with Crippen molar-refractivity contribution in [1.29, 1.82) is 0 Å². The van der Waals surface area contributed by atoms with Crippen LogP contribution in [0.3, 0.4) is 0 Å². The average molecular weight is 455 g/mol. The number of hydrogen-bond donors (Lipinski definition) is 1. The number of nitrogens with zero attached hydrogens (tertiary/aromatic N) is 1. The molecular formula is C25H30N2O4S. The van der Waals surface area contributed by atoms with E-state index in [1.807, 2.05) is 53.4 Å². The Balaban J connectivity index is 1.50. The van der Waals surface area contributed by atoms with Crippen LogP contribution >= 0.6 is 11.8 Å². The third-order valence-corrected chi connectivity index (χ3v) is 6.74. The number of carbonyl (C=O) groups excluding carboxylic acids is 3. The highest BCUT2D eigenvalue weighted by Crippen LogP contribution is 2.29. The Kier molecular flexibility index (Phi) is 8.73. The van der Waals surface area contributed by atoms with Gasteiger partial charge in [-0.1, -0.05) is 42.5 Å². The van der Waals surface area contributed by atoms with Gasteiger partial charge in [0.15, 0.2) is 0 Å². The number of hydrogen-bond acceptors (Lipinski definition) is 5. The number of carbonyl (C=O) groups is 3. The first-order valence-electron chi connectivity index (χ1n) is 10.9. The molecule has 6 nitrogen and oxygen atoms in total. The first-order valence-corrected chi connectivity index (χ1v) is 11.8. The van der Waals surface area contributed by atoms with Crippen molar-refractivity contribution in [3.8, 4) is 0 Å². The lowest BCUT2D eigenvalue weighted by Gasteiger charge is -2.33. The molecule has 1 aliphatic heterocycles. The van der Waals surface area contributed by atoms with Crippen LogP contribution in [0.4, 0.5) is 0 Å². The summed E-state index contributed by atoms with van der Waals surface area (Å²) in [5.74, 6) is -0.308. The molecule has 7 heteroatoms. The lowest BCUT2D eigenvalue weighted by molar-refractivity contribution is -0.139. The summed E-state index contributed by atoms with van der Waals surface area (Å²) in [4.78, 5) is 39.8. The molecule has 0 aromatic heterocycles. The normalized spacial score (nSPS) is 15.1. The molecule has 0 spiro atoms. The van der Waals surface area contributed by atoms with Crippen molar-refractivity contribution < 1.29 is 19.1 Å². The summed E-state index contributed by atoms with van der Waals surface area (Å²) >= 11 is 1.33. The van der Waals surface area contributed by atoms with E-state index in [0.717, 1.165) is 29.7 Å². The molecule has 1 aliphatic rings. The van der Waals surface area contributed by atoms with Crippen LogP contribution in [0.25, 0.3) is 0 Å². The maximum atomic E-state index is 13.1. The zero-order chi connectivity index (χ0) is 22.9. The van der Waals surface area contributed by atoms with E-state index in [9.17, 15) is 14.4 Å². The quantitative estimate of drug-likeness (QED) is 0.486. The molecule has 2 aromatic rings. The first kappa shape index (κ1) is 23.9. The second-order valence-electron chi connectivity index (χ2n) is 7.90. The van der Waals surface area contributed by atoms with E-state index in [4.69, 9.17) is 4.74 Å². The Morgan fingerprint density at radius 2 is 1.72 bits per heavy atom. The van der Waals surface area contributed by atoms with Gasteiger partial charge in [-0.05, 0) is 43.9 Å². The molecule has 1 unspecified atom stereocenters. The highest BCUT2D eigenvalue weighted by Gasteiger charge is 2.27. The topological polar surface area (TPSA) is 75.7 Å². The van der Waals surface area contributed by atoms with Crippen molar-refractivity contribution in [2.24, 2.45) is 0 Å². The van der Waals surface area contributed by atoms with E-state index in [-0.39, 0.29) is 23.8 Å². The lowest BCUT2D eigenvalue weighted by atomic mass is 10.0. The van der Waals surface area contributed by atoms with E-state index >= 15 is 0 Å². The fourth-order valence-corrected chi connectivity index (χ4v) is 4.76. The highest BCUT2D eigenvalue weighted by atomic mass is 32.2. The Labute approximate surface area is 193 Å². The molecule has 2 aromatic carbocycles. The number of piperidine rings is 1. The molecule has 1 atom stereocenters. The fourth-order valence-electron chi connectivity index (χ4n) is 3.75. The number of rotatable bonds is 8. The van der Waals surface area contributed by atoms with Crippen LogP contribution in [-0.2, 0) is 20.7 Å². The molecule has 1 heterocycles. The van der Waals surface area contributed by atoms with Gasteiger partial charge in [0, 0.05) is 30.4 Å². The summed E-state index contributed by atoms with van der Waals surface area (Å²) in [6, 6.07) is 17.4. The predicted octanol–water partition coefficient (Wildman–Crippen LogP) is 3.69. The third-order valence-electron chi connectivity index (χ3n) is 5.59. The van der Waals surface area contributed by atoms with Gasteiger partial charge < -0.3 is 15.0 Å². The first-order chi connectivity index (χ1) is 15.5. The summed E-state index contributed by atoms with van der Waals surface area (Å²) in [5, 5.41) is 2.71. The number of nitrogens with one attached hydrogen (secondary N) is 1. The number of amides is 2. The highest BCUT2D eigenvalue weighted by molar-refractivity contribution is 8.00. The molecule has 0 radical (unpaired) electrons. The number of thioether (sulfide) groups is 1. The third kappa shape index (κ3) is 6.60. The Morgan fingerprint density at radius 3 is 2.41 bits per heavy atom. The number of methoxy groups -OCH3 is 1. The molecule has 0 aliphatic carbocycles. The van der Waals surface area contributed by atoms with Crippen LogP contribution in [0.2, 0.25) is 0 Å². The fraction of sp³-hybridized carbons (Fsp3) is 0.400. The zero-order valence-electron chi connectivity index (χ0n) is 18.6. The van der Waals surface area contributed by atoms with Gasteiger partial charge in [0.25, 0.3) is 5.91 Å². The monoisotopic (exact) mass is 454 g/mol. The molecule has 1 N–H and O–H groups in total. The minimum Gasteiger partial charge on any atom is -0.468 e. The van der Waals surface area contributed by atoms with Crippen molar-refractivity contribution in [3.05, 3.63) is 65.7 Å². The number of aryl methyl sites for hydroxylation is 1. The standard InChI is InChI=1S/C25H30N2O4S/c1-18(25(30)31-2)32-22-11-7-6-10-21(22)24(29)27-16-14-20(15-17-27)26-23(28)13-12-19-8-4-3-5-9-19/h3-11,18,20H,12-17H2,1-2H3,(H,26,28). The number of ether oxygens (including phenoxy) is 1. The van der Waals surface area contributed by atoms with Crippen LogP contribution < -0.4 is 5.32 Å². The SMILES string of the molecule is COC(=O)C(C)Sc1ccccc1C(=O)N1CCC(NC(=O)CCc2ccccc2)CC1. The molecule has 32 heavy (non-hydrogen) atoms. The minimum absolute atomic E-state index is 0.0426. The summed E-state index contributed by atoms with van der Waals surface area (Å²) in [5.41, 5.74) is 1.75. The summed E-state index contributed by atoms with van der Waals surface area (Å²) in [7, 11) is 1.36. The van der Waals surface area contributed by atoms with Crippen molar-refractivity contribution in [1.82, 2.24) is 10.2 Å². The van der Waals surface area contributed by atoms with Gasteiger partial charge in [0.1, 0.15) is 5.25 Å². The largest absolute Gasteiger partial charge is 0.468 e. The molecule has 0 saturated carbocycles. The van der Waals surface area contributed by atoms with Gasteiger partial charge in [0.05, 0.1) is 12.7 Å². The van der Waals surface area contributed by atoms with E-state index in [1.54, 1.807) is 13.0 Å². The lowest BCUT2D eigenvalue weighted by Crippen LogP contribution is -2.46. The summed E-state index contributed by atoms with van der Waals surface area (Å²) in [6.45, 7) is 2.95. The van der Waals surface area contributed by atoms with Gasteiger partial charge in [-0.25, -0.2) is 0 Å². The van der Waals surface area contributed by atoms with Gasteiger partial charge in [0.2, 0.25) is 5.91 Å². The molecule has 170 valence electrons. The molecule has 3 rings (SSSR count). The van der Waals surface area contributed by atoms with E-state index in [2.05, 4.69) is 5.32 Å². The smallest absolute Gasteiger partial charge is 0.318 e. The minimum atomic E-state index is -0.397. The molecule has 2 amide bonds. The van der Waals surface area contributed by atoms with Crippen molar-refractivity contribution >= 4 is 29.5 Å². The van der Waals surface area contributed by atoms with Gasteiger partial charge >= 0.3 is 5.97 Å². The zero-order valence-corrected chi connectivity index (χ0v) is 19.4. The van der Waals surface area contributed by atoms with Crippen LogP contribution in [0.15, 0.2) is 59.5 Å². The van der Waals surface area contributed by atoms with Crippen LogP contribution in [-0.4, -0.2) is 54.2 Å². The second-order valence-corrected chi connectivity index (χ2v) is 9.28. The van der Waals surface area contributed by atoms with Crippen molar-refractivity contribution in [3.63, 3.8) is 0 Å². The average Bonchev–Trinajstić information content (AvgIpc) is 2.83. The maximum Gasteiger partial charge on any atom is 0.318 e. The van der Waals surface area contributed by atoms with Crippen molar-refractivity contribution in [2.45, 2.75) is 48.8 Å². The van der Waals surface area contributed by atoms with E-state index < -0.39 is 5.25 Å². The summed E-state index contributed by atoms with van der Waals surface area (Å²) < 4.78 is 4.80. The van der Waals surface area contributed by atoms with Crippen LogP contribution in [0, 0.1) is 0 Å². The van der Waals surface area contributed by atoms with E-state index in [0.29, 0.717) is 25.1 Å². The number of likely N-dealkylation sites (tertiary alicyclic amines) is 1. The molecule has 1 fully saturated rings.